The number of nitrogen functional groups attached to an aromatic ring is 1. The van der Waals surface area contributed by atoms with Crippen molar-refractivity contribution in [1.29, 1.82) is 0 Å². The lowest BCUT2D eigenvalue weighted by Crippen LogP contribution is -2.58. The minimum Gasteiger partial charge on any atom is -0.478 e. The van der Waals surface area contributed by atoms with Gasteiger partial charge in [-0.25, -0.2) is 9.18 Å². The maximum Gasteiger partial charge on any atom is 0.337 e. The number of nitrogens with one attached hydrogen (secondary N) is 1. The lowest BCUT2D eigenvalue weighted by Gasteiger charge is -2.52. The SMILES string of the molecule is CCOC1CC(Nc2cc(C(=O)O)c(N)cc2F)C1(C)C. The maximum absolute atomic E-state index is 13.9. The van der Waals surface area contributed by atoms with Crippen LogP contribution in [0.5, 0.6) is 0 Å². The molecule has 1 saturated carbocycles. The van der Waals surface area contributed by atoms with Crippen molar-refractivity contribution in [3.05, 3.63) is 23.5 Å². The van der Waals surface area contributed by atoms with Gasteiger partial charge in [0.2, 0.25) is 0 Å². The lowest BCUT2D eigenvalue weighted by atomic mass is 9.64. The van der Waals surface area contributed by atoms with Gasteiger partial charge in [-0.1, -0.05) is 13.8 Å². The number of benzene rings is 1. The third-order valence-corrected chi connectivity index (χ3v) is 4.24. The van der Waals surface area contributed by atoms with Crippen LogP contribution < -0.4 is 11.1 Å². The van der Waals surface area contributed by atoms with E-state index in [2.05, 4.69) is 5.32 Å². The molecule has 0 bridgehead atoms. The van der Waals surface area contributed by atoms with Crippen LogP contribution >= 0.6 is 0 Å². The summed E-state index contributed by atoms with van der Waals surface area (Å²) >= 11 is 0. The normalized spacial score (nSPS) is 23.4. The average molecular weight is 296 g/mol. The van der Waals surface area contributed by atoms with Gasteiger partial charge in [0, 0.05) is 23.8 Å². The first kappa shape index (κ1) is 15.6. The zero-order chi connectivity index (χ0) is 15.8. The molecule has 0 radical (unpaired) electrons. The van der Waals surface area contributed by atoms with E-state index >= 15 is 0 Å². The summed E-state index contributed by atoms with van der Waals surface area (Å²) in [5.74, 6) is -1.72. The first-order valence-electron chi connectivity index (χ1n) is 6.97. The molecule has 1 fully saturated rings. The summed E-state index contributed by atoms with van der Waals surface area (Å²) in [6, 6.07) is 2.31. The van der Waals surface area contributed by atoms with Gasteiger partial charge in [-0.05, 0) is 25.5 Å². The fraction of sp³-hybridized carbons (Fsp3) is 0.533. The highest BCUT2D eigenvalue weighted by Crippen LogP contribution is 2.44. The van der Waals surface area contributed by atoms with Gasteiger partial charge in [-0.3, -0.25) is 0 Å². The van der Waals surface area contributed by atoms with Gasteiger partial charge < -0.3 is 20.9 Å². The highest BCUT2D eigenvalue weighted by Gasteiger charge is 2.49. The first-order chi connectivity index (χ1) is 9.77. The number of rotatable bonds is 5. The fourth-order valence-electron chi connectivity index (χ4n) is 2.69. The Kier molecular flexibility index (Phi) is 4.09. The van der Waals surface area contributed by atoms with Gasteiger partial charge in [0.25, 0.3) is 0 Å². The Morgan fingerprint density at radius 3 is 2.76 bits per heavy atom. The van der Waals surface area contributed by atoms with Gasteiger partial charge in [-0.15, -0.1) is 0 Å². The quantitative estimate of drug-likeness (QED) is 0.728. The van der Waals surface area contributed by atoms with Crippen LogP contribution in [0.1, 0.15) is 37.6 Å². The van der Waals surface area contributed by atoms with Crippen molar-refractivity contribution in [2.75, 3.05) is 17.7 Å². The van der Waals surface area contributed by atoms with Crippen LogP contribution in [-0.4, -0.2) is 29.8 Å². The number of ether oxygens (including phenoxy) is 1. The molecule has 21 heavy (non-hydrogen) atoms. The Morgan fingerprint density at radius 2 is 2.24 bits per heavy atom. The van der Waals surface area contributed by atoms with Crippen molar-refractivity contribution < 1.29 is 19.0 Å². The van der Waals surface area contributed by atoms with E-state index in [1.165, 1.54) is 6.07 Å². The molecule has 1 aliphatic rings. The number of hydrogen-bond acceptors (Lipinski definition) is 4. The largest absolute Gasteiger partial charge is 0.478 e. The van der Waals surface area contributed by atoms with Crippen molar-refractivity contribution >= 4 is 17.3 Å². The summed E-state index contributed by atoms with van der Waals surface area (Å²) in [5.41, 5.74) is 5.35. The van der Waals surface area contributed by atoms with E-state index in [9.17, 15) is 9.18 Å². The highest BCUT2D eigenvalue weighted by molar-refractivity contribution is 5.94. The lowest BCUT2D eigenvalue weighted by molar-refractivity contribution is -0.0976. The number of aromatic carboxylic acids is 1. The summed E-state index contributed by atoms with van der Waals surface area (Å²) in [4.78, 5) is 11.1. The maximum atomic E-state index is 13.9. The fourth-order valence-corrected chi connectivity index (χ4v) is 2.69. The van der Waals surface area contributed by atoms with Gasteiger partial charge in [0.1, 0.15) is 5.82 Å². The van der Waals surface area contributed by atoms with Crippen LogP contribution in [0.4, 0.5) is 15.8 Å². The van der Waals surface area contributed by atoms with Crippen molar-refractivity contribution in [1.82, 2.24) is 0 Å². The molecule has 116 valence electrons. The second-order valence-corrected chi connectivity index (χ2v) is 5.92. The number of carboxylic acids is 1. The molecule has 0 aromatic heterocycles. The Balaban J connectivity index is 2.18. The molecular weight excluding hydrogens is 275 g/mol. The minimum absolute atomic E-state index is 0.0221. The predicted molar refractivity (Wildman–Crippen MR) is 79.0 cm³/mol. The number of carbonyl (C=O) groups is 1. The molecule has 2 atom stereocenters. The molecule has 1 aromatic rings. The zero-order valence-electron chi connectivity index (χ0n) is 12.4. The highest BCUT2D eigenvalue weighted by atomic mass is 19.1. The molecule has 0 amide bonds. The topological polar surface area (TPSA) is 84.6 Å². The number of anilines is 2. The van der Waals surface area contributed by atoms with Crippen molar-refractivity contribution in [3.63, 3.8) is 0 Å². The Labute approximate surface area is 123 Å². The van der Waals surface area contributed by atoms with Crippen LogP contribution in [0.15, 0.2) is 12.1 Å². The molecular formula is C15H21FN2O3. The van der Waals surface area contributed by atoms with Gasteiger partial charge >= 0.3 is 5.97 Å². The molecule has 0 spiro atoms. The molecule has 0 saturated heterocycles. The van der Waals surface area contributed by atoms with Crippen LogP contribution in [0.2, 0.25) is 0 Å². The van der Waals surface area contributed by atoms with Crippen LogP contribution in [0.3, 0.4) is 0 Å². The third kappa shape index (κ3) is 2.81. The van der Waals surface area contributed by atoms with E-state index in [0.29, 0.717) is 6.61 Å². The number of hydrogen-bond donors (Lipinski definition) is 3. The monoisotopic (exact) mass is 296 g/mol. The second-order valence-electron chi connectivity index (χ2n) is 5.92. The zero-order valence-corrected chi connectivity index (χ0v) is 12.4. The van der Waals surface area contributed by atoms with E-state index in [1.54, 1.807) is 0 Å². The number of halogens is 1. The van der Waals surface area contributed by atoms with Crippen molar-refractivity contribution in [2.24, 2.45) is 5.41 Å². The van der Waals surface area contributed by atoms with E-state index in [4.69, 9.17) is 15.6 Å². The molecule has 5 nitrogen and oxygen atoms in total. The molecule has 4 N–H and O–H groups in total. The Morgan fingerprint density at radius 1 is 1.57 bits per heavy atom. The Bertz CT molecular complexity index is 560. The van der Waals surface area contributed by atoms with Crippen LogP contribution in [0, 0.1) is 11.2 Å². The molecule has 2 rings (SSSR count). The summed E-state index contributed by atoms with van der Waals surface area (Å²) in [6.07, 6.45) is 0.878. The molecule has 1 aliphatic carbocycles. The summed E-state index contributed by atoms with van der Waals surface area (Å²) in [5, 5.41) is 12.1. The number of nitrogens with two attached hydrogens (primary N) is 1. The summed E-state index contributed by atoms with van der Waals surface area (Å²) < 4.78 is 19.6. The van der Waals surface area contributed by atoms with Crippen molar-refractivity contribution in [2.45, 2.75) is 39.3 Å². The predicted octanol–water partition coefficient (Wildman–Crippen LogP) is 2.72. The van der Waals surface area contributed by atoms with E-state index in [0.717, 1.165) is 12.5 Å². The van der Waals surface area contributed by atoms with E-state index in [1.807, 2.05) is 20.8 Å². The standard InChI is InChI=1S/C15H21FN2O3/c1-4-21-13-7-12(15(13,2)3)18-11-5-8(14(19)20)10(17)6-9(11)16/h5-6,12-13,18H,4,7,17H2,1-3H3,(H,19,20). The molecule has 0 aliphatic heterocycles. The van der Waals surface area contributed by atoms with Crippen molar-refractivity contribution in [3.8, 4) is 0 Å². The average Bonchev–Trinajstić information content (AvgIpc) is 2.39. The first-order valence-corrected chi connectivity index (χ1v) is 6.97. The minimum atomic E-state index is -1.17. The van der Waals surface area contributed by atoms with Crippen LogP contribution in [0.25, 0.3) is 0 Å². The molecule has 6 heteroatoms. The van der Waals surface area contributed by atoms with Gasteiger partial charge in [0.05, 0.1) is 17.4 Å². The molecule has 2 unspecified atom stereocenters. The smallest absolute Gasteiger partial charge is 0.337 e. The molecule has 1 aromatic carbocycles. The second kappa shape index (κ2) is 5.52. The number of carboxylic acid groups (broad SMARTS) is 1. The van der Waals surface area contributed by atoms with E-state index in [-0.39, 0.29) is 34.5 Å². The van der Waals surface area contributed by atoms with Gasteiger partial charge in [-0.2, -0.15) is 0 Å². The third-order valence-electron chi connectivity index (χ3n) is 4.24. The van der Waals surface area contributed by atoms with Crippen LogP contribution in [-0.2, 0) is 4.74 Å². The van der Waals surface area contributed by atoms with E-state index < -0.39 is 11.8 Å². The Hall–Kier alpha value is -1.82. The molecule has 0 heterocycles. The summed E-state index contributed by atoms with van der Waals surface area (Å²) in [6.45, 7) is 6.67. The summed E-state index contributed by atoms with van der Waals surface area (Å²) in [7, 11) is 0. The van der Waals surface area contributed by atoms with Gasteiger partial charge in [0.15, 0.2) is 0 Å².